The first-order chi connectivity index (χ1) is 9.79. The first-order valence-corrected chi connectivity index (χ1v) is 6.50. The summed E-state index contributed by atoms with van der Waals surface area (Å²) >= 11 is 2.97. The van der Waals surface area contributed by atoms with Crippen LogP contribution in [0.1, 0.15) is 15.9 Å². The molecular formula is C14H8BrF4NO. The molecule has 110 valence electrons. The summed E-state index contributed by atoms with van der Waals surface area (Å²) in [6.07, 6.45) is 0. The van der Waals surface area contributed by atoms with Crippen LogP contribution in [0, 0.1) is 30.2 Å². The van der Waals surface area contributed by atoms with Crippen molar-refractivity contribution in [2.45, 2.75) is 6.92 Å². The Balaban J connectivity index is 2.37. The van der Waals surface area contributed by atoms with Gasteiger partial charge in [0.05, 0.1) is 4.47 Å². The average molecular weight is 362 g/mol. The number of aryl methyl sites for hydroxylation is 1. The molecule has 21 heavy (non-hydrogen) atoms. The molecule has 0 saturated carbocycles. The van der Waals surface area contributed by atoms with Gasteiger partial charge in [-0.2, -0.15) is 0 Å². The molecule has 2 aromatic rings. The number of carbonyl (C=O) groups excluding carboxylic acids is 1. The van der Waals surface area contributed by atoms with Crippen molar-refractivity contribution in [1.29, 1.82) is 0 Å². The lowest BCUT2D eigenvalue weighted by Gasteiger charge is -2.10. The van der Waals surface area contributed by atoms with Gasteiger partial charge in [-0.3, -0.25) is 4.79 Å². The third-order valence-corrected chi connectivity index (χ3v) is 3.36. The van der Waals surface area contributed by atoms with Crippen LogP contribution in [0.2, 0.25) is 0 Å². The fourth-order valence-corrected chi connectivity index (χ4v) is 2.18. The van der Waals surface area contributed by atoms with Gasteiger partial charge in [0.2, 0.25) is 0 Å². The summed E-state index contributed by atoms with van der Waals surface area (Å²) < 4.78 is 53.4. The molecule has 0 aliphatic carbocycles. The number of benzene rings is 2. The van der Waals surface area contributed by atoms with Gasteiger partial charge in [0.15, 0.2) is 0 Å². The number of amides is 1. The minimum absolute atomic E-state index is 0.0591. The summed E-state index contributed by atoms with van der Waals surface area (Å²) in [6.45, 7) is 1.58. The van der Waals surface area contributed by atoms with Crippen molar-refractivity contribution in [3.05, 3.63) is 63.1 Å². The Morgan fingerprint density at radius 3 is 2.14 bits per heavy atom. The molecule has 0 aromatic heterocycles. The van der Waals surface area contributed by atoms with E-state index in [0.29, 0.717) is 17.7 Å². The number of anilines is 1. The maximum atomic E-state index is 13.5. The molecule has 2 nitrogen and oxygen atoms in total. The quantitative estimate of drug-likeness (QED) is 0.780. The van der Waals surface area contributed by atoms with Crippen LogP contribution in [0.25, 0.3) is 0 Å². The Kier molecular flexibility index (Phi) is 4.32. The van der Waals surface area contributed by atoms with Gasteiger partial charge in [0, 0.05) is 17.8 Å². The molecule has 0 radical (unpaired) electrons. The number of hydrogen-bond acceptors (Lipinski definition) is 1. The summed E-state index contributed by atoms with van der Waals surface area (Å²) in [7, 11) is 0. The van der Waals surface area contributed by atoms with E-state index in [9.17, 15) is 22.4 Å². The maximum absolute atomic E-state index is 13.5. The molecule has 0 saturated heterocycles. The summed E-state index contributed by atoms with van der Waals surface area (Å²) in [5.74, 6) is -5.57. The fraction of sp³-hybridized carbons (Fsp3) is 0.0714. The van der Waals surface area contributed by atoms with Gasteiger partial charge in [-0.05, 0) is 40.5 Å². The van der Waals surface area contributed by atoms with Crippen molar-refractivity contribution in [1.82, 2.24) is 0 Å². The largest absolute Gasteiger partial charge is 0.321 e. The third kappa shape index (κ3) is 3.24. The third-order valence-electron chi connectivity index (χ3n) is 2.75. The second-order valence-corrected chi connectivity index (χ2v) is 5.13. The minimum atomic E-state index is -1.33. The molecule has 1 amide bonds. The van der Waals surface area contributed by atoms with Crippen molar-refractivity contribution >= 4 is 27.5 Å². The van der Waals surface area contributed by atoms with Gasteiger partial charge >= 0.3 is 0 Å². The molecule has 0 bridgehead atoms. The molecule has 1 N–H and O–H groups in total. The second kappa shape index (κ2) is 5.85. The molecule has 0 fully saturated rings. The number of hydrogen-bond donors (Lipinski definition) is 1. The van der Waals surface area contributed by atoms with Gasteiger partial charge in [-0.15, -0.1) is 0 Å². The Hall–Kier alpha value is -1.89. The molecule has 0 heterocycles. The Labute approximate surface area is 125 Å². The van der Waals surface area contributed by atoms with Crippen molar-refractivity contribution in [3.63, 3.8) is 0 Å². The highest BCUT2D eigenvalue weighted by molar-refractivity contribution is 9.10. The van der Waals surface area contributed by atoms with E-state index in [1.807, 2.05) is 0 Å². The monoisotopic (exact) mass is 361 g/mol. The van der Waals surface area contributed by atoms with Crippen molar-refractivity contribution in [2.75, 3.05) is 5.32 Å². The summed E-state index contributed by atoms with van der Waals surface area (Å²) in [4.78, 5) is 11.9. The molecule has 0 spiro atoms. The summed E-state index contributed by atoms with van der Waals surface area (Å²) in [6, 6.07) is 3.21. The van der Waals surface area contributed by atoms with Crippen molar-refractivity contribution in [3.8, 4) is 0 Å². The maximum Gasteiger partial charge on any atom is 0.261 e. The molecule has 2 aromatic carbocycles. The zero-order valence-electron chi connectivity index (χ0n) is 10.6. The van der Waals surface area contributed by atoms with E-state index in [-0.39, 0.29) is 10.2 Å². The van der Waals surface area contributed by atoms with Gasteiger partial charge in [0.1, 0.15) is 28.8 Å². The number of nitrogens with one attached hydrogen (secondary N) is 1. The van der Waals surface area contributed by atoms with Crippen LogP contribution in [0.5, 0.6) is 0 Å². The highest BCUT2D eigenvalue weighted by atomic mass is 79.9. The van der Waals surface area contributed by atoms with Gasteiger partial charge in [-0.25, -0.2) is 17.6 Å². The summed E-state index contributed by atoms with van der Waals surface area (Å²) in [5.41, 5.74) is -0.387. The van der Waals surface area contributed by atoms with Crippen molar-refractivity contribution in [2.24, 2.45) is 0 Å². The average Bonchev–Trinajstić information content (AvgIpc) is 2.34. The lowest BCUT2D eigenvalue weighted by atomic mass is 10.1. The summed E-state index contributed by atoms with van der Waals surface area (Å²) in [5, 5.41) is 2.19. The van der Waals surface area contributed by atoms with E-state index in [4.69, 9.17) is 0 Å². The van der Waals surface area contributed by atoms with Crippen molar-refractivity contribution < 1.29 is 22.4 Å². The fourth-order valence-electron chi connectivity index (χ4n) is 1.72. The predicted octanol–water partition coefficient (Wildman–Crippen LogP) is 4.57. The predicted molar refractivity (Wildman–Crippen MR) is 73.1 cm³/mol. The first-order valence-electron chi connectivity index (χ1n) is 5.71. The van der Waals surface area contributed by atoms with Gasteiger partial charge in [-0.1, -0.05) is 0 Å². The van der Waals surface area contributed by atoms with Crippen LogP contribution in [0.15, 0.2) is 28.7 Å². The standard InChI is InChI=1S/C14H8BrF4NO/c1-6-2-8(15)9(17)5-12(6)20-14(21)13-10(18)3-7(16)4-11(13)19/h2-5H,1H3,(H,20,21). The molecule has 0 aliphatic rings. The van der Waals surface area contributed by atoms with Crippen LogP contribution in [0.3, 0.4) is 0 Å². The van der Waals surface area contributed by atoms with Gasteiger partial charge in [0.25, 0.3) is 5.91 Å². The number of halogens is 5. The zero-order valence-corrected chi connectivity index (χ0v) is 12.2. The van der Waals surface area contributed by atoms with Crippen LogP contribution >= 0.6 is 15.9 Å². The number of carbonyl (C=O) groups is 1. The normalized spacial score (nSPS) is 10.6. The lowest BCUT2D eigenvalue weighted by molar-refractivity contribution is 0.101. The SMILES string of the molecule is Cc1cc(Br)c(F)cc1NC(=O)c1c(F)cc(F)cc1F. The molecule has 0 unspecified atom stereocenters. The Morgan fingerprint density at radius 1 is 1.00 bits per heavy atom. The van der Waals surface area contributed by atoms with E-state index in [2.05, 4.69) is 21.2 Å². The van der Waals surface area contributed by atoms with Gasteiger partial charge < -0.3 is 5.32 Å². The molecular weight excluding hydrogens is 354 g/mol. The first kappa shape index (κ1) is 15.5. The van der Waals surface area contributed by atoms with E-state index < -0.39 is 34.7 Å². The molecule has 2 rings (SSSR count). The van der Waals surface area contributed by atoms with Crippen LogP contribution in [-0.4, -0.2) is 5.91 Å². The number of rotatable bonds is 2. The molecule has 7 heteroatoms. The smallest absolute Gasteiger partial charge is 0.261 e. The Morgan fingerprint density at radius 2 is 1.57 bits per heavy atom. The highest BCUT2D eigenvalue weighted by Crippen LogP contribution is 2.25. The molecule has 0 aliphatic heterocycles. The van der Waals surface area contributed by atoms with Crippen LogP contribution in [0.4, 0.5) is 23.2 Å². The van der Waals surface area contributed by atoms with E-state index in [1.54, 1.807) is 6.92 Å². The topological polar surface area (TPSA) is 29.1 Å². The zero-order chi connectivity index (χ0) is 15.7. The van der Waals surface area contributed by atoms with E-state index in [1.165, 1.54) is 6.07 Å². The van der Waals surface area contributed by atoms with E-state index >= 15 is 0 Å². The Bertz CT molecular complexity index is 710. The van der Waals surface area contributed by atoms with Crippen LogP contribution in [-0.2, 0) is 0 Å². The van der Waals surface area contributed by atoms with Crippen LogP contribution < -0.4 is 5.32 Å². The minimum Gasteiger partial charge on any atom is -0.321 e. The molecule has 0 atom stereocenters. The lowest BCUT2D eigenvalue weighted by Crippen LogP contribution is -2.17. The second-order valence-electron chi connectivity index (χ2n) is 4.28. The van der Waals surface area contributed by atoms with E-state index in [0.717, 1.165) is 6.07 Å². The highest BCUT2D eigenvalue weighted by Gasteiger charge is 2.20.